The molecule has 1 rings (SSSR count). The number of amides is 2. The number of anilines is 1. The van der Waals surface area contributed by atoms with Crippen molar-refractivity contribution < 1.29 is 23.9 Å². The van der Waals surface area contributed by atoms with Crippen LogP contribution >= 0.6 is 0 Å². The van der Waals surface area contributed by atoms with Crippen LogP contribution in [0.4, 0.5) is 10.1 Å². The number of rotatable bonds is 8. The number of hydrogen-bond acceptors (Lipinski definition) is 3. The summed E-state index contributed by atoms with van der Waals surface area (Å²) in [4.78, 5) is 33.8. The molecule has 0 saturated heterocycles. The zero-order valence-corrected chi connectivity index (χ0v) is 12.3. The summed E-state index contributed by atoms with van der Waals surface area (Å²) >= 11 is 0. The second-order valence-corrected chi connectivity index (χ2v) is 4.75. The minimum absolute atomic E-state index is 0.0519. The first kappa shape index (κ1) is 17.6. The Labute approximate surface area is 127 Å². The van der Waals surface area contributed by atoms with Crippen LogP contribution in [0.3, 0.4) is 0 Å². The minimum atomic E-state index is -1.21. The molecule has 3 N–H and O–H groups in total. The number of halogens is 1. The number of carbonyl (C=O) groups excluding carboxylic acids is 2. The van der Waals surface area contributed by atoms with Gasteiger partial charge in [-0.15, -0.1) is 0 Å². The van der Waals surface area contributed by atoms with Crippen molar-refractivity contribution in [3.63, 3.8) is 0 Å². The summed E-state index contributed by atoms with van der Waals surface area (Å²) < 4.78 is 13.5. The van der Waals surface area contributed by atoms with Crippen LogP contribution in [-0.4, -0.2) is 29.4 Å². The average Bonchev–Trinajstić information content (AvgIpc) is 2.47. The molecule has 0 atom stereocenters. The lowest BCUT2D eigenvalue weighted by Gasteiger charge is -2.07. The molecule has 0 fully saturated rings. The van der Waals surface area contributed by atoms with Crippen LogP contribution in [0.25, 0.3) is 0 Å². The zero-order chi connectivity index (χ0) is 16.5. The number of benzene rings is 1. The molecule has 0 spiro atoms. The quantitative estimate of drug-likeness (QED) is 0.685. The monoisotopic (exact) mass is 310 g/mol. The van der Waals surface area contributed by atoms with Crippen LogP contribution < -0.4 is 10.6 Å². The zero-order valence-electron chi connectivity index (χ0n) is 12.3. The molecule has 0 heterocycles. The van der Waals surface area contributed by atoms with E-state index in [2.05, 4.69) is 10.6 Å². The number of nitrogens with one attached hydrogen (secondary N) is 2. The number of carboxylic acids is 1. The third-order valence-electron chi connectivity index (χ3n) is 2.87. The summed E-state index contributed by atoms with van der Waals surface area (Å²) in [5.74, 6) is -2.51. The van der Waals surface area contributed by atoms with E-state index < -0.39 is 17.7 Å². The predicted octanol–water partition coefficient (Wildman–Crippen LogP) is 2.16. The molecular formula is C15H19FN2O4. The second-order valence-electron chi connectivity index (χ2n) is 4.75. The largest absolute Gasteiger partial charge is 0.478 e. The van der Waals surface area contributed by atoms with Gasteiger partial charge in [-0.05, 0) is 31.0 Å². The van der Waals surface area contributed by atoms with Crippen molar-refractivity contribution in [2.24, 2.45) is 0 Å². The van der Waals surface area contributed by atoms with Gasteiger partial charge < -0.3 is 15.7 Å². The van der Waals surface area contributed by atoms with E-state index in [-0.39, 0.29) is 30.0 Å². The first-order chi connectivity index (χ1) is 10.4. The van der Waals surface area contributed by atoms with Gasteiger partial charge in [0, 0.05) is 19.4 Å². The van der Waals surface area contributed by atoms with Gasteiger partial charge in [0.15, 0.2) is 0 Å². The maximum Gasteiger partial charge on any atom is 0.335 e. The van der Waals surface area contributed by atoms with Crippen molar-refractivity contribution in [1.29, 1.82) is 0 Å². The summed E-state index contributed by atoms with van der Waals surface area (Å²) in [5, 5.41) is 13.8. The molecule has 0 saturated carbocycles. The van der Waals surface area contributed by atoms with Gasteiger partial charge in [0.05, 0.1) is 11.3 Å². The van der Waals surface area contributed by atoms with Crippen molar-refractivity contribution in [3.05, 3.63) is 29.6 Å². The lowest BCUT2D eigenvalue weighted by Crippen LogP contribution is -2.24. The number of carboxylic acid groups (broad SMARTS) is 1. The third kappa shape index (κ3) is 5.90. The van der Waals surface area contributed by atoms with Crippen molar-refractivity contribution in [1.82, 2.24) is 5.32 Å². The minimum Gasteiger partial charge on any atom is -0.478 e. The molecule has 1 aromatic rings. The van der Waals surface area contributed by atoms with E-state index in [1.165, 1.54) is 0 Å². The van der Waals surface area contributed by atoms with Crippen molar-refractivity contribution in [2.75, 3.05) is 11.9 Å². The normalized spacial score (nSPS) is 10.1. The molecular weight excluding hydrogens is 291 g/mol. The first-order valence-electron chi connectivity index (χ1n) is 7.03. The maximum atomic E-state index is 13.5. The highest BCUT2D eigenvalue weighted by molar-refractivity contribution is 5.94. The summed E-state index contributed by atoms with van der Waals surface area (Å²) in [6.07, 6.45) is 1.44. The first-order valence-corrected chi connectivity index (χ1v) is 7.03. The average molecular weight is 310 g/mol. The van der Waals surface area contributed by atoms with Gasteiger partial charge in [0.25, 0.3) is 0 Å². The van der Waals surface area contributed by atoms with Crippen LogP contribution in [0.2, 0.25) is 0 Å². The molecule has 0 aliphatic heterocycles. The Morgan fingerprint density at radius 2 is 1.86 bits per heavy atom. The highest BCUT2D eigenvalue weighted by atomic mass is 19.1. The molecule has 0 aromatic heterocycles. The van der Waals surface area contributed by atoms with Crippen LogP contribution in [0.15, 0.2) is 18.2 Å². The predicted molar refractivity (Wildman–Crippen MR) is 79.1 cm³/mol. The van der Waals surface area contributed by atoms with E-state index in [1.54, 1.807) is 0 Å². The Morgan fingerprint density at radius 3 is 2.50 bits per heavy atom. The van der Waals surface area contributed by atoms with Gasteiger partial charge in [0.1, 0.15) is 5.82 Å². The molecule has 0 aliphatic carbocycles. The molecule has 1 aromatic carbocycles. The SMILES string of the molecule is CCCNC(=O)CCCC(=O)Nc1cc(C(=O)O)ccc1F. The lowest BCUT2D eigenvalue weighted by atomic mass is 10.1. The van der Waals surface area contributed by atoms with Crippen LogP contribution in [0, 0.1) is 5.82 Å². The number of hydrogen-bond donors (Lipinski definition) is 3. The maximum absolute atomic E-state index is 13.5. The molecule has 0 aliphatic rings. The van der Waals surface area contributed by atoms with E-state index in [0.717, 1.165) is 24.6 Å². The molecule has 0 unspecified atom stereocenters. The van der Waals surface area contributed by atoms with Crippen molar-refractivity contribution in [2.45, 2.75) is 32.6 Å². The molecule has 6 nitrogen and oxygen atoms in total. The van der Waals surface area contributed by atoms with Crippen LogP contribution in [0.1, 0.15) is 43.0 Å². The van der Waals surface area contributed by atoms with E-state index in [4.69, 9.17) is 5.11 Å². The summed E-state index contributed by atoms with van der Waals surface area (Å²) in [5.41, 5.74) is -0.295. The molecule has 2 amide bonds. The Hall–Kier alpha value is -2.44. The summed E-state index contributed by atoms with van der Waals surface area (Å²) in [6, 6.07) is 3.16. The smallest absolute Gasteiger partial charge is 0.335 e. The molecule has 120 valence electrons. The van der Waals surface area contributed by atoms with Gasteiger partial charge in [0.2, 0.25) is 11.8 Å². The second kappa shape index (κ2) is 8.76. The topological polar surface area (TPSA) is 95.5 Å². The van der Waals surface area contributed by atoms with E-state index in [0.29, 0.717) is 13.0 Å². The van der Waals surface area contributed by atoms with Crippen molar-refractivity contribution in [3.8, 4) is 0 Å². The fourth-order valence-corrected chi connectivity index (χ4v) is 1.73. The van der Waals surface area contributed by atoms with Gasteiger partial charge in [-0.25, -0.2) is 9.18 Å². The summed E-state index contributed by atoms with van der Waals surface area (Å²) in [7, 11) is 0. The Bertz CT molecular complexity index is 560. The Morgan fingerprint density at radius 1 is 1.18 bits per heavy atom. The van der Waals surface area contributed by atoms with Gasteiger partial charge >= 0.3 is 5.97 Å². The van der Waals surface area contributed by atoms with Gasteiger partial charge in [-0.2, -0.15) is 0 Å². The number of aromatic carboxylic acids is 1. The fourth-order valence-electron chi connectivity index (χ4n) is 1.73. The van der Waals surface area contributed by atoms with Crippen LogP contribution in [-0.2, 0) is 9.59 Å². The van der Waals surface area contributed by atoms with E-state index in [9.17, 15) is 18.8 Å². The molecule has 22 heavy (non-hydrogen) atoms. The van der Waals surface area contributed by atoms with Gasteiger partial charge in [-0.1, -0.05) is 6.92 Å². The number of carbonyl (C=O) groups is 3. The highest BCUT2D eigenvalue weighted by Crippen LogP contribution is 2.16. The molecule has 0 radical (unpaired) electrons. The molecule has 0 bridgehead atoms. The fraction of sp³-hybridized carbons (Fsp3) is 0.400. The standard InChI is InChI=1S/C15H19FN2O4/c1-2-8-17-13(19)4-3-5-14(20)18-12-9-10(15(21)22)6-7-11(12)16/h6-7,9H,2-5,8H2,1H3,(H,17,19)(H,18,20)(H,21,22). The van der Waals surface area contributed by atoms with Crippen LogP contribution in [0.5, 0.6) is 0 Å². The Kier molecular flexibility index (Phi) is 7.01. The Balaban J connectivity index is 2.47. The van der Waals surface area contributed by atoms with Crippen molar-refractivity contribution >= 4 is 23.5 Å². The van der Waals surface area contributed by atoms with Gasteiger partial charge in [-0.3, -0.25) is 9.59 Å². The van der Waals surface area contributed by atoms with E-state index >= 15 is 0 Å². The third-order valence-corrected chi connectivity index (χ3v) is 2.87. The molecule has 7 heteroatoms. The van der Waals surface area contributed by atoms with E-state index in [1.807, 2.05) is 6.92 Å². The lowest BCUT2D eigenvalue weighted by molar-refractivity contribution is -0.121. The summed E-state index contributed by atoms with van der Waals surface area (Å²) in [6.45, 7) is 2.53. The highest BCUT2D eigenvalue weighted by Gasteiger charge is 2.11.